The normalized spacial score (nSPS) is 16.2. The maximum atomic E-state index is 13.4. The van der Waals surface area contributed by atoms with E-state index in [1.54, 1.807) is 23.8 Å². The standard InChI is InChI=1S/C25H26N2O3S/c1-30-23-14-13-22(20-7-3-4-8-21(20)23)25(29)27-15-5-6-17(16-27)24(28)26-18-9-11-19(31-2)12-10-18/h3-4,7-14,17H,5-6,15-16H2,1-2H3,(H,26,28)/t17-/m0/s1. The number of hydrogen-bond acceptors (Lipinski definition) is 4. The van der Waals surface area contributed by atoms with E-state index in [1.807, 2.05) is 66.9 Å². The van der Waals surface area contributed by atoms with Gasteiger partial charge in [0.15, 0.2) is 0 Å². The number of hydrogen-bond donors (Lipinski definition) is 1. The van der Waals surface area contributed by atoms with Gasteiger partial charge in [-0.1, -0.05) is 24.3 Å². The minimum Gasteiger partial charge on any atom is -0.496 e. The molecule has 1 aliphatic rings. The fraction of sp³-hybridized carbons (Fsp3) is 0.280. The Morgan fingerprint density at radius 1 is 1.03 bits per heavy atom. The number of likely N-dealkylation sites (tertiary alicyclic amines) is 1. The highest BCUT2D eigenvalue weighted by Crippen LogP contribution is 2.30. The molecule has 2 amide bonds. The number of carbonyl (C=O) groups is 2. The third-order valence-corrected chi connectivity index (χ3v) is 6.51. The van der Waals surface area contributed by atoms with Crippen molar-refractivity contribution in [2.24, 2.45) is 5.92 Å². The van der Waals surface area contributed by atoms with Crippen molar-refractivity contribution in [1.82, 2.24) is 4.90 Å². The minimum absolute atomic E-state index is 0.0333. The molecular formula is C25H26N2O3S. The van der Waals surface area contributed by atoms with E-state index in [1.165, 1.54) is 0 Å². The summed E-state index contributed by atoms with van der Waals surface area (Å²) in [5.41, 5.74) is 1.43. The Bertz CT molecular complexity index is 1100. The number of amides is 2. The Hall–Kier alpha value is -2.99. The highest BCUT2D eigenvalue weighted by molar-refractivity contribution is 7.98. The third-order valence-electron chi connectivity index (χ3n) is 5.77. The zero-order chi connectivity index (χ0) is 21.8. The second kappa shape index (κ2) is 9.43. The van der Waals surface area contributed by atoms with Crippen molar-refractivity contribution >= 4 is 40.0 Å². The monoisotopic (exact) mass is 434 g/mol. The topological polar surface area (TPSA) is 58.6 Å². The second-order valence-corrected chi connectivity index (χ2v) is 8.55. The summed E-state index contributed by atoms with van der Waals surface area (Å²) < 4.78 is 5.45. The molecule has 0 saturated carbocycles. The number of methoxy groups -OCH3 is 1. The van der Waals surface area contributed by atoms with Crippen LogP contribution in [0, 0.1) is 5.92 Å². The molecule has 0 aliphatic carbocycles. The Kier molecular flexibility index (Phi) is 6.47. The molecule has 6 heteroatoms. The molecule has 1 aliphatic heterocycles. The van der Waals surface area contributed by atoms with Crippen LogP contribution in [-0.2, 0) is 4.79 Å². The summed E-state index contributed by atoms with van der Waals surface area (Å²) in [5, 5.41) is 4.78. The fourth-order valence-corrected chi connectivity index (χ4v) is 4.51. The summed E-state index contributed by atoms with van der Waals surface area (Å²) in [6, 6.07) is 19.2. The van der Waals surface area contributed by atoms with Crippen molar-refractivity contribution in [3.05, 3.63) is 66.2 Å². The summed E-state index contributed by atoms with van der Waals surface area (Å²) in [6.07, 6.45) is 3.61. The van der Waals surface area contributed by atoms with Gasteiger partial charge in [0.1, 0.15) is 5.75 Å². The number of ether oxygens (including phenoxy) is 1. The number of rotatable bonds is 5. The van der Waals surface area contributed by atoms with E-state index in [0.717, 1.165) is 39.9 Å². The molecule has 5 nitrogen and oxygen atoms in total. The van der Waals surface area contributed by atoms with Crippen LogP contribution in [0.15, 0.2) is 65.6 Å². The van der Waals surface area contributed by atoms with E-state index in [2.05, 4.69) is 5.32 Å². The first-order chi connectivity index (χ1) is 15.1. The van der Waals surface area contributed by atoms with Crippen molar-refractivity contribution in [2.75, 3.05) is 31.8 Å². The van der Waals surface area contributed by atoms with Gasteiger partial charge in [-0.3, -0.25) is 9.59 Å². The van der Waals surface area contributed by atoms with Gasteiger partial charge in [-0.25, -0.2) is 0 Å². The van der Waals surface area contributed by atoms with E-state index < -0.39 is 0 Å². The minimum atomic E-state index is -0.220. The van der Waals surface area contributed by atoms with Gasteiger partial charge in [0, 0.05) is 34.6 Å². The van der Waals surface area contributed by atoms with Crippen LogP contribution in [0.5, 0.6) is 5.75 Å². The van der Waals surface area contributed by atoms with Crippen LogP contribution in [0.4, 0.5) is 5.69 Å². The average molecular weight is 435 g/mol. The van der Waals surface area contributed by atoms with E-state index in [4.69, 9.17) is 4.74 Å². The molecule has 3 aromatic carbocycles. The Balaban J connectivity index is 1.50. The number of carbonyl (C=O) groups excluding carboxylic acids is 2. The molecule has 0 radical (unpaired) electrons. The van der Waals surface area contributed by atoms with E-state index in [9.17, 15) is 9.59 Å². The number of nitrogens with zero attached hydrogens (tertiary/aromatic N) is 1. The van der Waals surface area contributed by atoms with Gasteiger partial charge in [-0.05, 0) is 60.9 Å². The maximum Gasteiger partial charge on any atom is 0.254 e. The van der Waals surface area contributed by atoms with Gasteiger partial charge < -0.3 is 15.0 Å². The molecule has 1 N–H and O–H groups in total. The first-order valence-electron chi connectivity index (χ1n) is 10.4. The molecule has 1 saturated heterocycles. The molecule has 0 aromatic heterocycles. The summed E-state index contributed by atoms with van der Waals surface area (Å²) in [5.74, 6) is 0.452. The highest BCUT2D eigenvalue weighted by atomic mass is 32.2. The molecule has 0 unspecified atom stereocenters. The van der Waals surface area contributed by atoms with Crippen LogP contribution in [-0.4, -0.2) is 43.2 Å². The van der Waals surface area contributed by atoms with Crippen LogP contribution in [0.3, 0.4) is 0 Å². The number of nitrogens with one attached hydrogen (secondary N) is 1. The lowest BCUT2D eigenvalue weighted by Crippen LogP contribution is -2.43. The molecule has 0 spiro atoms. The molecule has 4 rings (SSSR count). The van der Waals surface area contributed by atoms with Crippen LogP contribution in [0.25, 0.3) is 10.8 Å². The summed E-state index contributed by atoms with van der Waals surface area (Å²) >= 11 is 1.66. The largest absolute Gasteiger partial charge is 0.496 e. The lowest BCUT2D eigenvalue weighted by atomic mass is 9.95. The first-order valence-corrected chi connectivity index (χ1v) is 11.6. The smallest absolute Gasteiger partial charge is 0.254 e. The molecule has 0 bridgehead atoms. The number of anilines is 1. The average Bonchev–Trinajstić information content (AvgIpc) is 2.83. The number of thioether (sulfide) groups is 1. The number of piperidine rings is 1. The van der Waals surface area contributed by atoms with Gasteiger partial charge in [0.05, 0.1) is 13.0 Å². The zero-order valence-electron chi connectivity index (χ0n) is 17.8. The fourth-order valence-electron chi connectivity index (χ4n) is 4.10. The Morgan fingerprint density at radius 2 is 1.77 bits per heavy atom. The van der Waals surface area contributed by atoms with Gasteiger partial charge >= 0.3 is 0 Å². The SMILES string of the molecule is COc1ccc(C(=O)N2CCC[C@H](C(=O)Nc3ccc(SC)cc3)C2)c2ccccc12. The molecule has 3 aromatic rings. The Morgan fingerprint density at radius 3 is 2.48 bits per heavy atom. The predicted molar refractivity (Wildman–Crippen MR) is 126 cm³/mol. The van der Waals surface area contributed by atoms with Crippen molar-refractivity contribution in [3.63, 3.8) is 0 Å². The summed E-state index contributed by atoms with van der Waals surface area (Å²) in [6.45, 7) is 1.08. The molecule has 1 heterocycles. The quantitative estimate of drug-likeness (QED) is 0.570. The number of fused-ring (bicyclic) bond motifs is 1. The van der Waals surface area contributed by atoms with Gasteiger partial charge in [0.25, 0.3) is 5.91 Å². The van der Waals surface area contributed by atoms with Gasteiger partial charge in [-0.15, -0.1) is 11.8 Å². The first kappa shape index (κ1) is 21.2. The maximum absolute atomic E-state index is 13.4. The Labute approximate surface area is 186 Å². The van der Waals surface area contributed by atoms with Gasteiger partial charge in [-0.2, -0.15) is 0 Å². The van der Waals surface area contributed by atoms with Crippen molar-refractivity contribution in [1.29, 1.82) is 0 Å². The molecule has 1 atom stereocenters. The predicted octanol–water partition coefficient (Wildman–Crippen LogP) is 5.06. The lowest BCUT2D eigenvalue weighted by molar-refractivity contribution is -0.121. The molecule has 31 heavy (non-hydrogen) atoms. The molecule has 160 valence electrons. The van der Waals surface area contributed by atoms with E-state index in [-0.39, 0.29) is 17.7 Å². The lowest BCUT2D eigenvalue weighted by Gasteiger charge is -2.32. The highest BCUT2D eigenvalue weighted by Gasteiger charge is 2.29. The second-order valence-electron chi connectivity index (χ2n) is 7.67. The van der Waals surface area contributed by atoms with Crippen LogP contribution in [0.2, 0.25) is 0 Å². The van der Waals surface area contributed by atoms with Gasteiger partial charge in [0.2, 0.25) is 5.91 Å². The van der Waals surface area contributed by atoms with Crippen LogP contribution >= 0.6 is 11.8 Å². The van der Waals surface area contributed by atoms with Crippen molar-refractivity contribution in [2.45, 2.75) is 17.7 Å². The summed E-state index contributed by atoms with van der Waals surface area (Å²) in [7, 11) is 1.63. The van der Waals surface area contributed by atoms with E-state index in [0.29, 0.717) is 18.7 Å². The summed E-state index contributed by atoms with van der Waals surface area (Å²) in [4.78, 5) is 29.2. The van der Waals surface area contributed by atoms with Crippen LogP contribution < -0.4 is 10.1 Å². The van der Waals surface area contributed by atoms with Crippen molar-refractivity contribution < 1.29 is 14.3 Å². The molecular weight excluding hydrogens is 408 g/mol. The molecule has 1 fully saturated rings. The number of benzene rings is 3. The zero-order valence-corrected chi connectivity index (χ0v) is 18.6. The van der Waals surface area contributed by atoms with Crippen LogP contribution in [0.1, 0.15) is 23.2 Å². The van der Waals surface area contributed by atoms with E-state index >= 15 is 0 Å². The third kappa shape index (κ3) is 4.54. The van der Waals surface area contributed by atoms with Crippen molar-refractivity contribution in [3.8, 4) is 5.75 Å².